The van der Waals surface area contributed by atoms with Crippen LogP contribution >= 0.6 is 11.3 Å². The fraction of sp³-hybridized carbons (Fsp3) is 0.467. The molecule has 0 spiro atoms. The standard InChI is InChI=1S/C15H18N2O3S/c1-8-6-11(9(2)20-8)12-7-21-15(16-12)17-14(19)10-4-3-5-13(10)18/h6-7,10,13,18H,3-5H2,1-2H3,(H,16,17,19). The maximum atomic E-state index is 12.1. The molecule has 3 rings (SSSR count). The summed E-state index contributed by atoms with van der Waals surface area (Å²) in [7, 11) is 0. The van der Waals surface area contributed by atoms with Crippen LogP contribution in [0.2, 0.25) is 0 Å². The van der Waals surface area contributed by atoms with Crippen LogP contribution in [0.15, 0.2) is 15.9 Å². The molecule has 0 aliphatic heterocycles. The van der Waals surface area contributed by atoms with Gasteiger partial charge < -0.3 is 14.8 Å². The van der Waals surface area contributed by atoms with Gasteiger partial charge in [-0.2, -0.15) is 0 Å². The molecule has 1 amide bonds. The molecule has 21 heavy (non-hydrogen) atoms. The molecule has 2 aromatic rings. The molecule has 1 saturated carbocycles. The predicted molar refractivity (Wildman–Crippen MR) is 81.3 cm³/mol. The van der Waals surface area contributed by atoms with Gasteiger partial charge in [-0.15, -0.1) is 11.3 Å². The van der Waals surface area contributed by atoms with Crippen molar-refractivity contribution in [2.75, 3.05) is 5.32 Å². The number of nitrogens with one attached hydrogen (secondary N) is 1. The highest BCUT2D eigenvalue weighted by Crippen LogP contribution is 2.31. The fourth-order valence-corrected chi connectivity index (χ4v) is 3.50. The van der Waals surface area contributed by atoms with Crippen LogP contribution in [-0.2, 0) is 4.79 Å². The Morgan fingerprint density at radius 2 is 2.29 bits per heavy atom. The number of carbonyl (C=O) groups excluding carboxylic acids is 1. The van der Waals surface area contributed by atoms with E-state index in [2.05, 4.69) is 10.3 Å². The zero-order valence-corrected chi connectivity index (χ0v) is 12.9. The van der Waals surface area contributed by atoms with Gasteiger partial charge in [0, 0.05) is 10.9 Å². The minimum absolute atomic E-state index is 0.138. The Morgan fingerprint density at radius 3 is 2.90 bits per heavy atom. The third-order valence-electron chi connectivity index (χ3n) is 3.87. The molecular formula is C15H18N2O3S. The molecule has 112 valence electrons. The Morgan fingerprint density at radius 1 is 1.48 bits per heavy atom. The van der Waals surface area contributed by atoms with Crippen LogP contribution in [0.25, 0.3) is 11.3 Å². The van der Waals surface area contributed by atoms with Crippen molar-refractivity contribution >= 4 is 22.4 Å². The average molecular weight is 306 g/mol. The first-order chi connectivity index (χ1) is 10.0. The molecular weight excluding hydrogens is 288 g/mol. The summed E-state index contributed by atoms with van der Waals surface area (Å²) < 4.78 is 5.50. The predicted octanol–water partition coefficient (Wildman–Crippen LogP) is 3.12. The minimum Gasteiger partial charge on any atom is -0.466 e. The first kappa shape index (κ1) is 14.3. The van der Waals surface area contributed by atoms with Gasteiger partial charge in [0.2, 0.25) is 5.91 Å². The SMILES string of the molecule is Cc1cc(-c2csc(NC(=O)C3CCCC3O)n2)c(C)o1. The van der Waals surface area contributed by atoms with Crippen molar-refractivity contribution in [2.24, 2.45) is 5.92 Å². The number of aliphatic hydroxyl groups excluding tert-OH is 1. The molecule has 0 saturated heterocycles. The van der Waals surface area contributed by atoms with Crippen molar-refractivity contribution in [3.63, 3.8) is 0 Å². The van der Waals surface area contributed by atoms with Crippen molar-refractivity contribution in [1.29, 1.82) is 0 Å². The average Bonchev–Trinajstić information content (AvgIpc) is 3.10. The summed E-state index contributed by atoms with van der Waals surface area (Å²) in [6.45, 7) is 3.79. The molecule has 1 fully saturated rings. The quantitative estimate of drug-likeness (QED) is 0.913. The Kier molecular flexibility index (Phi) is 3.82. The zero-order chi connectivity index (χ0) is 15.0. The number of anilines is 1. The van der Waals surface area contributed by atoms with Gasteiger partial charge in [-0.05, 0) is 39.2 Å². The zero-order valence-electron chi connectivity index (χ0n) is 12.0. The van der Waals surface area contributed by atoms with E-state index in [0.717, 1.165) is 35.6 Å². The molecule has 2 N–H and O–H groups in total. The third-order valence-corrected chi connectivity index (χ3v) is 4.63. The molecule has 2 atom stereocenters. The lowest BCUT2D eigenvalue weighted by Gasteiger charge is -2.12. The second-order valence-corrected chi connectivity index (χ2v) is 6.32. The molecule has 5 nitrogen and oxygen atoms in total. The smallest absolute Gasteiger partial charge is 0.231 e. The van der Waals surface area contributed by atoms with Gasteiger partial charge >= 0.3 is 0 Å². The van der Waals surface area contributed by atoms with E-state index in [1.165, 1.54) is 11.3 Å². The maximum absolute atomic E-state index is 12.1. The summed E-state index contributed by atoms with van der Waals surface area (Å²) in [5.74, 6) is 1.22. The van der Waals surface area contributed by atoms with E-state index in [1.807, 2.05) is 25.3 Å². The summed E-state index contributed by atoms with van der Waals surface area (Å²) in [4.78, 5) is 16.6. The number of aromatic nitrogens is 1. The second-order valence-electron chi connectivity index (χ2n) is 5.46. The largest absolute Gasteiger partial charge is 0.466 e. The molecule has 6 heteroatoms. The maximum Gasteiger partial charge on any atom is 0.231 e. The monoisotopic (exact) mass is 306 g/mol. The van der Waals surface area contributed by atoms with E-state index in [-0.39, 0.29) is 11.8 Å². The fourth-order valence-electron chi connectivity index (χ4n) is 2.78. The number of hydrogen-bond acceptors (Lipinski definition) is 5. The summed E-state index contributed by atoms with van der Waals surface area (Å²) in [5, 5.41) is 15.0. The number of carbonyl (C=O) groups is 1. The number of aliphatic hydroxyl groups is 1. The van der Waals surface area contributed by atoms with Gasteiger partial charge in [-0.3, -0.25) is 4.79 Å². The molecule has 0 aromatic carbocycles. The van der Waals surface area contributed by atoms with Gasteiger partial charge in [-0.25, -0.2) is 4.98 Å². The van der Waals surface area contributed by atoms with E-state index in [4.69, 9.17) is 4.42 Å². The second kappa shape index (κ2) is 5.61. The first-order valence-corrected chi connectivity index (χ1v) is 7.94. The number of amides is 1. The highest BCUT2D eigenvalue weighted by atomic mass is 32.1. The van der Waals surface area contributed by atoms with Gasteiger partial charge in [0.05, 0.1) is 17.7 Å². The highest BCUT2D eigenvalue weighted by Gasteiger charge is 2.31. The van der Waals surface area contributed by atoms with Gasteiger partial charge in [-0.1, -0.05) is 0 Å². The van der Waals surface area contributed by atoms with E-state index in [0.29, 0.717) is 11.6 Å². The van der Waals surface area contributed by atoms with E-state index in [1.54, 1.807) is 0 Å². The number of aryl methyl sites for hydroxylation is 2. The summed E-state index contributed by atoms with van der Waals surface area (Å²) >= 11 is 1.38. The summed E-state index contributed by atoms with van der Waals surface area (Å²) in [5.41, 5.74) is 1.75. The molecule has 1 aliphatic carbocycles. The van der Waals surface area contributed by atoms with Crippen LogP contribution in [0, 0.1) is 19.8 Å². The molecule has 1 aliphatic rings. The number of rotatable bonds is 3. The van der Waals surface area contributed by atoms with E-state index >= 15 is 0 Å². The highest BCUT2D eigenvalue weighted by molar-refractivity contribution is 7.14. The van der Waals surface area contributed by atoms with E-state index in [9.17, 15) is 9.90 Å². The summed E-state index contributed by atoms with van der Waals surface area (Å²) in [6, 6.07) is 1.94. The van der Waals surface area contributed by atoms with Crippen LogP contribution in [0.3, 0.4) is 0 Å². The van der Waals surface area contributed by atoms with Crippen molar-refractivity contribution in [2.45, 2.75) is 39.2 Å². The van der Waals surface area contributed by atoms with Gasteiger partial charge in [0.25, 0.3) is 0 Å². The van der Waals surface area contributed by atoms with Crippen molar-refractivity contribution in [3.8, 4) is 11.3 Å². The first-order valence-electron chi connectivity index (χ1n) is 7.06. The Labute approximate surface area is 127 Å². The van der Waals surface area contributed by atoms with Crippen LogP contribution in [0.1, 0.15) is 30.8 Å². The normalized spacial score (nSPS) is 21.7. The Bertz CT molecular complexity index is 662. The van der Waals surface area contributed by atoms with Crippen molar-refractivity contribution in [1.82, 2.24) is 4.98 Å². The van der Waals surface area contributed by atoms with Crippen LogP contribution in [-0.4, -0.2) is 22.1 Å². The van der Waals surface area contributed by atoms with Crippen LogP contribution in [0.5, 0.6) is 0 Å². The molecule has 0 radical (unpaired) electrons. The van der Waals surface area contributed by atoms with Gasteiger partial charge in [0.1, 0.15) is 11.5 Å². The molecule has 2 heterocycles. The molecule has 0 bridgehead atoms. The van der Waals surface area contributed by atoms with Crippen LogP contribution < -0.4 is 5.32 Å². The van der Waals surface area contributed by atoms with Crippen LogP contribution in [0.4, 0.5) is 5.13 Å². The lowest BCUT2D eigenvalue weighted by Crippen LogP contribution is -2.28. The number of hydrogen-bond donors (Lipinski definition) is 2. The number of furan rings is 1. The Balaban J connectivity index is 1.73. The van der Waals surface area contributed by atoms with Crippen molar-refractivity contribution in [3.05, 3.63) is 23.0 Å². The lowest BCUT2D eigenvalue weighted by molar-refractivity contribution is -0.122. The Hall–Kier alpha value is -1.66. The van der Waals surface area contributed by atoms with Crippen molar-refractivity contribution < 1.29 is 14.3 Å². The lowest BCUT2D eigenvalue weighted by atomic mass is 10.1. The molecule has 2 unspecified atom stereocenters. The third kappa shape index (κ3) is 2.87. The van der Waals surface area contributed by atoms with E-state index < -0.39 is 6.10 Å². The topological polar surface area (TPSA) is 75.4 Å². The minimum atomic E-state index is -0.525. The van der Waals surface area contributed by atoms with Gasteiger partial charge in [0.15, 0.2) is 5.13 Å². The number of thiazole rings is 1. The summed E-state index contributed by atoms with van der Waals surface area (Å²) in [6.07, 6.45) is 1.82. The molecule has 2 aromatic heterocycles. The number of nitrogens with zero attached hydrogens (tertiary/aromatic N) is 1.